The molecular weight excluding hydrogens is 260 g/mol. The van der Waals surface area contributed by atoms with Gasteiger partial charge in [-0.15, -0.1) is 0 Å². The van der Waals surface area contributed by atoms with Crippen LogP contribution in [0.2, 0.25) is 0 Å². The summed E-state index contributed by atoms with van der Waals surface area (Å²) in [5.74, 6) is 0.858. The van der Waals surface area contributed by atoms with Gasteiger partial charge < -0.3 is 15.4 Å². The molecule has 3 nitrogen and oxygen atoms in total. The van der Waals surface area contributed by atoms with Gasteiger partial charge in [0.15, 0.2) is 0 Å². The van der Waals surface area contributed by atoms with Gasteiger partial charge in [0.05, 0.1) is 7.11 Å². The zero-order valence-corrected chi connectivity index (χ0v) is 12.7. The van der Waals surface area contributed by atoms with Crippen molar-refractivity contribution in [2.75, 3.05) is 17.7 Å². The van der Waals surface area contributed by atoms with Crippen LogP contribution in [0.4, 0.5) is 11.4 Å². The fraction of sp³-hybridized carbons (Fsp3) is 0.333. The maximum atomic E-state index is 6.14. The Kier molecular flexibility index (Phi) is 3.74. The number of hydrogen-bond donors (Lipinski definition) is 1. The van der Waals surface area contributed by atoms with Crippen LogP contribution in [0.15, 0.2) is 42.5 Å². The van der Waals surface area contributed by atoms with Gasteiger partial charge in [-0.25, -0.2) is 0 Å². The van der Waals surface area contributed by atoms with Crippen molar-refractivity contribution in [1.82, 2.24) is 0 Å². The van der Waals surface area contributed by atoms with E-state index in [1.807, 2.05) is 18.2 Å². The van der Waals surface area contributed by atoms with E-state index in [4.69, 9.17) is 10.5 Å². The number of methoxy groups -OCH3 is 1. The molecule has 3 heteroatoms. The normalized spacial score (nSPS) is 17.4. The smallest absolute Gasteiger partial charge is 0.119 e. The van der Waals surface area contributed by atoms with Gasteiger partial charge in [-0.05, 0) is 55.2 Å². The topological polar surface area (TPSA) is 38.5 Å². The Labute approximate surface area is 126 Å². The summed E-state index contributed by atoms with van der Waals surface area (Å²) in [7, 11) is 1.69. The second-order valence-electron chi connectivity index (χ2n) is 5.71. The van der Waals surface area contributed by atoms with Crippen LogP contribution in [-0.2, 0) is 13.0 Å². The maximum absolute atomic E-state index is 6.14. The summed E-state index contributed by atoms with van der Waals surface area (Å²) in [4.78, 5) is 2.45. The number of fused-ring (bicyclic) bond motifs is 1. The lowest BCUT2D eigenvalue weighted by Gasteiger charge is -2.37. The SMILES string of the molecule is COc1ccc(N)c(CN2c3ccccc3CCC2C)c1. The molecule has 0 aromatic heterocycles. The van der Waals surface area contributed by atoms with Crippen LogP contribution >= 0.6 is 0 Å². The van der Waals surface area contributed by atoms with Gasteiger partial charge >= 0.3 is 0 Å². The molecule has 1 heterocycles. The number of nitrogens with zero attached hydrogens (tertiary/aromatic N) is 1. The second kappa shape index (κ2) is 5.68. The van der Waals surface area contributed by atoms with Crippen molar-refractivity contribution in [3.8, 4) is 5.75 Å². The molecule has 21 heavy (non-hydrogen) atoms. The van der Waals surface area contributed by atoms with Crippen molar-refractivity contribution >= 4 is 11.4 Å². The summed E-state index contributed by atoms with van der Waals surface area (Å²) < 4.78 is 5.32. The molecule has 3 rings (SSSR count). The maximum Gasteiger partial charge on any atom is 0.119 e. The molecule has 1 aliphatic rings. The minimum absolute atomic E-state index is 0.519. The van der Waals surface area contributed by atoms with E-state index in [-0.39, 0.29) is 0 Å². The third-order valence-corrected chi connectivity index (χ3v) is 4.36. The number of nitrogens with two attached hydrogens (primary N) is 1. The Balaban J connectivity index is 1.94. The summed E-state index contributed by atoms with van der Waals surface area (Å²) in [5, 5.41) is 0. The molecule has 110 valence electrons. The van der Waals surface area contributed by atoms with Gasteiger partial charge in [0.1, 0.15) is 5.75 Å². The van der Waals surface area contributed by atoms with E-state index < -0.39 is 0 Å². The zero-order valence-electron chi connectivity index (χ0n) is 12.7. The minimum Gasteiger partial charge on any atom is -0.497 e. The highest BCUT2D eigenvalue weighted by Crippen LogP contribution is 2.33. The molecule has 0 radical (unpaired) electrons. The van der Waals surface area contributed by atoms with Crippen molar-refractivity contribution in [2.45, 2.75) is 32.4 Å². The molecular formula is C18H22N2O. The average molecular weight is 282 g/mol. The molecule has 2 aromatic rings. The van der Waals surface area contributed by atoms with Crippen molar-refractivity contribution in [2.24, 2.45) is 0 Å². The Morgan fingerprint density at radius 1 is 1.24 bits per heavy atom. The van der Waals surface area contributed by atoms with Crippen molar-refractivity contribution in [3.63, 3.8) is 0 Å². The quantitative estimate of drug-likeness (QED) is 0.874. The molecule has 0 saturated heterocycles. The second-order valence-corrected chi connectivity index (χ2v) is 5.71. The molecule has 1 atom stereocenters. The molecule has 1 aliphatic heterocycles. The Hall–Kier alpha value is -2.16. The minimum atomic E-state index is 0.519. The van der Waals surface area contributed by atoms with Gasteiger partial charge in [-0.2, -0.15) is 0 Å². The van der Waals surface area contributed by atoms with Crippen LogP contribution in [-0.4, -0.2) is 13.2 Å². The van der Waals surface area contributed by atoms with Crippen LogP contribution in [0.5, 0.6) is 5.75 Å². The number of aryl methyl sites for hydroxylation is 1. The van der Waals surface area contributed by atoms with Crippen LogP contribution in [0.3, 0.4) is 0 Å². The van der Waals surface area contributed by atoms with Crippen LogP contribution < -0.4 is 15.4 Å². The highest BCUT2D eigenvalue weighted by atomic mass is 16.5. The number of nitrogen functional groups attached to an aromatic ring is 1. The number of para-hydroxylation sites is 1. The summed E-state index contributed by atoms with van der Waals surface area (Å²) in [6.45, 7) is 3.10. The predicted molar refractivity (Wildman–Crippen MR) is 87.8 cm³/mol. The lowest BCUT2D eigenvalue weighted by molar-refractivity contribution is 0.414. The summed E-state index contributed by atoms with van der Waals surface area (Å²) in [6, 6.07) is 15.1. The third-order valence-electron chi connectivity index (χ3n) is 4.36. The number of hydrogen-bond acceptors (Lipinski definition) is 3. The molecule has 0 aliphatic carbocycles. The van der Waals surface area contributed by atoms with E-state index in [0.29, 0.717) is 6.04 Å². The predicted octanol–water partition coefficient (Wildman–Crippen LogP) is 3.62. The van der Waals surface area contributed by atoms with Crippen molar-refractivity contribution < 1.29 is 4.74 Å². The molecule has 2 N–H and O–H groups in total. The van der Waals surface area contributed by atoms with E-state index in [1.54, 1.807) is 7.11 Å². The molecule has 0 spiro atoms. The first kappa shape index (κ1) is 13.8. The van der Waals surface area contributed by atoms with Gasteiger partial charge in [0.25, 0.3) is 0 Å². The summed E-state index contributed by atoms with van der Waals surface area (Å²) in [5.41, 5.74) is 10.9. The number of anilines is 2. The monoisotopic (exact) mass is 282 g/mol. The summed E-state index contributed by atoms with van der Waals surface area (Å²) >= 11 is 0. The van der Waals surface area contributed by atoms with Crippen molar-refractivity contribution in [3.05, 3.63) is 53.6 Å². The van der Waals surface area contributed by atoms with Crippen molar-refractivity contribution in [1.29, 1.82) is 0 Å². The average Bonchev–Trinajstić information content (AvgIpc) is 2.52. The molecule has 0 amide bonds. The number of benzene rings is 2. The summed E-state index contributed by atoms with van der Waals surface area (Å²) in [6.07, 6.45) is 2.34. The van der Waals surface area contributed by atoms with Crippen LogP contribution in [0, 0.1) is 0 Å². The fourth-order valence-corrected chi connectivity index (χ4v) is 3.03. The van der Waals surface area contributed by atoms with E-state index in [9.17, 15) is 0 Å². The molecule has 0 saturated carbocycles. The van der Waals surface area contributed by atoms with E-state index in [1.165, 1.54) is 17.7 Å². The fourth-order valence-electron chi connectivity index (χ4n) is 3.03. The lowest BCUT2D eigenvalue weighted by atomic mass is 9.96. The van der Waals surface area contributed by atoms with E-state index in [0.717, 1.165) is 30.0 Å². The first-order valence-corrected chi connectivity index (χ1v) is 7.46. The largest absolute Gasteiger partial charge is 0.497 e. The first-order chi connectivity index (χ1) is 10.2. The van der Waals surface area contributed by atoms with E-state index >= 15 is 0 Å². The Morgan fingerprint density at radius 3 is 2.86 bits per heavy atom. The molecule has 0 bridgehead atoms. The molecule has 1 unspecified atom stereocenters. The molecule has 2 aromatic carbocycles. The van der Waals surface area contributed by atoms with Crippen LogP contribution in [0.25, 0.3) is 0 Å². The van der Waals surface area contributed by atoms with Crippen LogP contribution in [0.1, 0.15) is 24.5 Å². The standard InChI is InChI=1S/C18H22N2O/c1-13-7-8-14-5-3-4-6-18(14)20(13)12-15-11-16(21-2)9-10-17(15)19/h3-6,9-11,13H,7-8,12,19H2,1-2H3. The van der Waals surface area contributed by atoms with E-state index in [2.05, 4.69) is 36.1 Å². The number of rotatable bonds is 3. The molecule has 0 fully saturated rings. The van der Waals surface area contributed by atoms with Gasteiger partial charge in [-0.3, -0.25) is 0 Å². The van der Waals surface area contributed by atoms with Gasteiger partial charge in [0.2, 0.25) is 0 Å². The Morgan fingerprint density at radius 2 is 2.05 bits per heavy atom. The van der Waals surface area contributed by atoms with Gasteiger partial charge in [0, 0.05) is 24.0 Å². The lowest BCUT2D eigenvalue weighted by Crippen LogP contribution is -2.36. The number of ether oxygens (including phenoxy) is 1. The first-order valence-electron chi connectivity index (χ1n) is 7.46. The highest BCUT2D eigenvalue weighted by Gasteiger charge is 2.23. The van der Waals surface area contributed by atoms with Gasteiger partial charge in [-0.1, -0.05) is 18.2 Å². The zero-order chi connectivity index (χ0) is 14.8. The third kappa shape index (κ3) is 2.68. The Bertz CT molecular complexity index is 639. The highest BCUT2D eigenvalue weighted by molar-refractivity contribution is 5.59.